The highest BCUT2D eigenvalue weighted by molar-refractivity contribution is 7.86. The molecule has 0 aliphatic carbocycles. The van der Waals surface area contributed by atoms with Crippen LogP contribution in [-0.2, 0) is 16.6 Å². The molecule has 0 aliphatic rings. The van der Waals surface area contributed by atoms with Gasteiger partial charge in [0, 0.05) is 0 Å². The Morgan fingerprint density at radius 2 is 2.06 bits per heavy atom. The summed E-state index contributed by atoms with van der Waals surface area (Å²) in [5.41, 5.74) is 0. The van der Waals surface area contributed by atoms with Gasteiger partial charge >= 0.3 is 0 Å². The standard InChI is InChI=1S/C11H8N2O2S3/c14-18(10-4-2-6-17-10)7-9-12-11(13-15-9)8-3-1-5-16-8/h1-6H,7H2/t18-/m0/s1. The van der Waals surface area contributed by atoms with Gasteiger partial charge in [-0.05, 0) is 22.9 Å². The lowest BCUT2D eigenvalue weighted by atomic mass is 10.4. The molecule has 3 rings (SSSR count). The van der Waals surface area contributed by atoms with Crippen LogP contribution < -0.4 is 0 Å². The highest BCUT2D eigenvalue weighted by Gasteiger charge is 2.13. The summed E-state index contributed by atoms with van der Waals surface area (Å²) in [6, 6.07) is 7.58. The molecule has 0 unspecified atom stereocenters. The summed E-state index contributed by atoms with van der Waals surface area (Å²) in [5.74, 6) is 1.23. The zero-order chi connectivity index (χ0) is 12.4. The van der Waals surface area contributed by atoms with Crippen LogP contribution in [0.3, 0.4) is 0 Å². The molecule has 92 valence electrons. The second-order valence-electron chi connectivity index (χ2n) is 3.41. The van der Waals surface area contributed by atoms with Gasteiger partial charge in [0.25, 0.3) is 0 Å². The SMILES string of the molecule is O=[S@@](Cc1nc(-c2cccs2)no1)c1cccs1. The monoisotopic (exact) mass is 296 g/mol. The van der Waals surface area contributed by atoms with Gasteiger partial charge in [-0.15, -0.1) is 22.7 Å². The van der Waals surface area contributed by atoms with Crippen molar-refractivity contribution in [1.82, 2.24) is 10.1 Å². The molecule has 0 amide bonds. The van der Waals surface area contributed by atoms with Gasteiger partial charge in [0.2, 0.25) is 11.7 Å². The van der Waals surface area contributed by atoms with Gasteiger partial charge in [0.05, 0.1) is 19.9 Å². The van der Waals surface area contributed by atoms with Crippen LogP contribution >= 0.6 is 22.7 Å². The zero-order valence-corrected chi connectivity index (χ0v) is 11.6. The van der Waals surface area contributed by atoms with Gasteiger partial charge in [-0.25, -0.2) is 0 Å². The third kappa shape index (κ3) is 2.43. The van der Waals surface area contributed by atoms with Crippen molar-refractivity contribution in [2.75, 3.05) is 0 Å². The number of aromatic nitrogens is 2. The second-order valence-corrected chi connectivity index (χ2v) is 6.98. The summed E-state index contributed by atoms with van der Waals surface area (Å²) in [4.78, 5) is 5.20. The summed E-state index contributed by atoms with van der Waals surface area (Å²) in [6.07, 6.45) is 0. The van der Waals surface area contributed by atoms with E-state index in [2.05, 4.69) is 10.1 Å². The lowest BCUT2D eigenvalue weighted by Gasteiger charge is -1.92. The Kier molecular flexibility index (Phi) is 3.35. The molecule has 0 N–H and O–H groups in total. The highest BCUT2D eigenvalue weighted by Crippen LogP contribution is 2.22. The molecular formula is C11H8N2O2S3. The van der Waals surface area contributed by atoms with Crippen LogP contribution in [0.5, 0.6) is 0 Å². The Labute approximate surface area is 114 Å². The molecule has 18 heavy (non-hydrogen) atoms. The fourth-order valence-electron chi connectivity index (χ4n) is 1.40. The molecule has 0 bridgehead atoms. The minimum atomic E-state index is -1.11. The molecule has 1 atom stereocenters. The Balaban J connectivity index is 1.76. The second kappa shape index (κ2) is 5.13. The largest absolute Gasteiger partial charge is 0.338 e. The molecule has 0 fully saturated rings. The lowest BCUT2D eigenvalue weighted by Crippen LogP contribution is -1.94. The topological polar surface area (TPSA) is 56.0 Å². The number of hydrogen-bond acceptors (Lipinski definition) is 6. The zero-order valence-electron chi connectivity index (χ0n) is 9.11. The summed E-state index contributed by atoms with van der Waals surface area (Å²) in [6.45, 7) is 0. The van der Waals surface area contributed by atoms with Crippen molar-refractivity contribution in [2.24, 2.45) is 0 Å². The Morgan fingerprint density at radius 3 is 2.78 bits per heavy atom. The van der Waals surface area contributed by atoms with Crippen LogP contribution in [0.2, 0.25) is 0 Å². The van der Waals surface area contributed by atoms with Crippen molar-refractivity contribution < 1.29 is 8.73 Å². The van der Waals surface area contributed by atoms with Crippen molar-refractivity contribution in [3.05, 3.63) is 40.9 Å². The highest BCUT2D eigenvalue weighted by atomic mass is 32.2. The van der Waals surface area contributed by atoms with Crippen molar-refractivity contribution in [3.8, 4) is 10.7 Å². The van der Waals surface area contributed by atoms with E-state index in [1.807, 2.05) is 35.0 Å². The van der Waals surface area contributed by atoms with Crippen LogP contribution in [-0.4, -0.2) is 14.3 Å². The maximum atomic E-state index is 12.0. The first-order valence-electron chi connectivity index (χ1n) is 5.11. The maximum absolute atomic E-state index is 12.0. The first kappa shape index (κ1) is 11.8. The van der Waals surface area contributed by atoms with Crippen molar-refractivity contribution in [3.63, 3.8) is 0 Å². The molecule has 3 aromatic heterocycles. The van der Waals surface area contributed by atoms with Crippen molar-refractivity contribution >= 4 is 33.5 Å². The quantitative estimate of drug-likeness (QED) is 0.742. The summed E-state index contributed by atoms with van der Waals surface area (Å²) < 4.78 is 17.9. The first-order chi connectivity index (χ1) is 8.83. The average Bonchev–Trinajstić information content (AvgIpc) is 3.12. The maximum Gasteiger partial charge on any atom is 0.240 e. The fraction of sp³-hybridized carbons (Fsp3) is 0.0909. The third-order valence-electron chi connectivity index (χ3n) is 2.18. The molecule has 4 nitrogen and oxygen atoms in total. The van der Waals surface area contributed by atoms with E-state index in [9.17, 15) is 4.21 Å². The molecule has 0 spiro atoms. The van der Waals surface area contributed by atoms with E-state index in [0.29, 0.717) is 11.7 Å². The van der Waals surface area contributed by atoms with E-state index >= 15 is 0 Å². The Bertz CT molecular complexity index is 644. The molecule has 7 heteroatoms. The smallest absolute Gasteiger partial charge is 0.240 e. The van der Waals surface area contributed by atoms with E-state index < -0.39 is 10.8 Å². The van der Waals surface area contributed by atoms with Crippen LogP contribution in [0.1, 0.15) is 5.89 Å². The minimum absolute atomic E-state index is 0.263. The first-order valence-corrected chi connectivity index (χ1v) is 8.19. The fourth-order valence-corrected chi connectivity index (χ4v) is 3.98. The molecule has 3 heterocycles. The van der Waals surface area contributed by atoms with E-state index in [-0.39, 0.29) is 5.75 Å². The minimum Gasteiger partial charge on any atom is -0.338 e. The number of thiophene rings is 2. The molecule has 0 radical (unpaired) electrons. The van der Waals surface area contributed by atoms with Crippen LogP contribution in [0.25, 0.3) is 10.7 Å². The van der Waals surface area contributed by atoms with Crippen LogP contribution in [0.15, 0.2) is 43.8 Å². The van der Waals surface area contributed by atoms with E-state index in [4.69, 9.17) is 4.52 Å². The van der Waals surface area contributed by atoms with Gasteiger partial charge in [-0.3, -0.25) is 4.21 Å². The van der Waals surface area contributed by atoms with Crippen molar-refractivity contribution in [2.45, 2.75) is 9.96 Å². The Morgan fingerprint density at radius 1 is 1.22 bits per heavy atom. The average molecular weight is 296 g/mol. The normalized spacial score (nSPS) is 12.7. The molecule has 0 aliphatic heterocycles. The lowest BCUT2D eigenvalue weighted by molar-refractivity contribution is 0.391. The van der Waals surface area contributed by atoms with Gasteiger partial charge < -0.3 is 4.52 Å². The molecule has 0 saturated heterocycles. The number of hydrogen-bond donors (Lipinski definition) is 0. The molecule has 3 aromatic rings. The third-order valence-corrected chi connectivity index (χ3v) is 5.65. The molecule has 0 aromatic carbocycles. The van der Waals surface area contributed by atoms with E-state index in [1.165, 1.54) is 11.3 Å². The number of nitrogens with zero attached hydrogens (tertiary/aromatic N) is 2. The Hall–Kier alpha value is -1.31. The number of rotatable bonds is 4. The van der Waals surface area contributed by atoms with Crippen LogP contribution in [0.4, 0.5) is 0 Å². The van der Waals surface area contributed by atoms with Gasteiger partial charge in [-0.1, -0.05) is 17.3 Å². The molecular weight excluding hydrogens is 288 g/mol. The molecule has 0 saturated carbocycles. The van der Waals surface area contributed by atoms with E-state index in [0.717, 1.165) is 9.09 Å². The summed E-state index contributed by atoms with van der Waals surface area (Å²) >= 11 is 3.01. The van der Waals surface area contributed by atoms with Crippen LogP contribution in [0, 0.1) is 0 Å². The van der Waals surface area contributed by atoms with Gasteiger partial charge in [-0.2, -0.15) is 4.98 Å². The van der Waals surface area contributed by atoms with Gasteiger partial charge in [0.1, 0.15) is 5.75 Å². The predicted molar refractivity (Wildman–Crippen MR) is 72.0 cm³/mol. The van der Waals surface area contributed by atoms with Crippen molar-refractivity contribution in [1.29, 1.82) is 0 Å². The summed E-state index contributed by atoms with van der Waals surface area (Å²) in [5, 5.41) is 7.74. The predicted octanol–water partition coefficient (Wildman–Crippen LogP) is 3.17. The summed E-state index contributed by atoms with van der Waals surface area (Å²) in [7, 11) is -1.11. The van der Waals surface area contributed by atoms with Gasteiger partial charge in [0.15, 0.2) is 0 Å². The van der Waals surface area contributed by atoms with E-state index in [1.54, 1.807) is 11.3 Å².